The van der Waals surface area contributed by atoms with Crippen LogP contribution in [0.3, 0.4) is 0 Å². The lowest BCUT2D eigenvalue weighted by molar-refractivity contribution is -0.384. The average molecular weight is 406 g/mol. The monoisotopic (exact) mass is 406 g/mol. The van der Waals surface area contributed by atoms with E-state index in [2.05, 4.69) is 10.3 Å². The summed E-state index contributed by atoms with van der Waals surface area (Å²) in [4.78, 5) is 40.6. The van der Waals surface area contributed by atoms with Crippen molar-refractivity contribution in [2.75, 3.05) is 5.32 Å². The fourth-order valence-corrected chi connectivity index (χ4v) is 3.87. The molecule has 4 aromatic rings. The Balaban J connectivity index is 1.62. The number of non-ortho nitro benzene ring substituents is 1. The van der Waals surface area contributed by atoms with Crippen molar-refractivity contribution < 1.29 is 9.72 Å². The second kappa shape index (κ2) is 7.64. The summed E-state index contributed by atoms with van der Waals surface area (Å²) in [7, 11) is 0. The van der Waals surface area contributed by atoms with Gasteiger partial charge in [0.15, 0.2) is 0 Å². The molecule has 0 aliphatic rings. The number of nitro groups is 1. The van der Waals surface area contributed by atoms with Gasteiger partial charge in [0.25, 0.3) is 11.2 Å². The predicted octanol–water partition coefficient (Wildman–Crippen LogP) is 3.67. The van der Waals surface area contributed by atoms with Gasteiger partial charge in [-0.2, -0.15) is 0 Å². The third kappa shape index (κ3) is 3.76. The number of carbonyl (C=O) groups is 1. The molecule has 0 saturated heterocycles. The molecule has 0 bridgehead atoms. The lowest BCUT2D eigenvalue weighted by Gasteiger charge is -2.08. The van der Waals surface area contributed by atoms with Gasteiger partial charge >= 0.3 is 0 Å². The van der Waals surface area contributed by atoms with E-state index >= 15 is 0 Å². The van der Waals surface area contributed by atoms with Crippen molar-refractivity contribution in [1.82, 2.24) is 9.55 Å². The molecule has 0 radical (unpaired) electrons. The number of anilines is 1. The SMILES string of the molecule is O=C(Cn1cnc2scc(-c3ccccc3)c2c1=O)Nc1cccc([N+](=O)[O-])c1. The highest BCUT2D eigenvalue weighted by Gasteiger charge is 2.15. The maximum absolute atomic E-state index is 13.0. The van der Waals surface area contributed by atoms with Crippen molar-refractivity contribution in [2.24, 2.45) is 0 Å². The topological polar surface area (TPSA) is 107 Å². The largest absolute Gasteiger partial charge is 0.324 e. The van der Waals surface area contributed by atoms with Gasteiger partial charge in [-0.25, -0.2) is 4.98 Å². The zero-order valence-corrected chi connectivity index (χ0v) is 15.8. The number of rotatable bonds is 5. The number of amides is 1. The zero-order valence-electron chi connectivity index (χ0n) is 14.9. The fourth-order valence-electron chi connectivity index (χ4n) is 2.96. The Morgan fingerprint density at radius 1 is 1.17 bits per heavy atom. The van der Waals surface area contributed by atoms with Crippen molar-refractivity contribution in [3.63, 3.8) is 0 Å². The number of hydrogen-bond donors (Lipinski definition) is 1. The number of nitrogens with zero attached hydrogens (tertiary/aromatic N) is 3. The van der Waals surface area contributed by atoms with Crippen LogP contribution in [0.15, 0.2) is 71.1 Å². The summed E-state index contributed by atoms with van der Waals surface area (Å²) in [6.45, 7) is -0.255. The minimum absolute atomic E-state index is 0.131. The van der Waals surface area contributed by atoms with E-state index in [0.717, 1.165) is 11.1 Å². The van der Waals surface area contributed by atoms with Gasteiger partial charge in [0.2, 0.25) is 5.91 Å². The first kappa shape index (κ1) is 18.5. The van der Waals surface area contributed by atoms with Crippen molar-refractivity contribution in [3.8, 4) is 11.1 Å². The standard InChI is InChI=1S/C20H14N4O4S/c25-17(22-14-7-4-8-15(9-14)24(27)28)10-23-12-21-19-18(20(23)26)16(11-29-19)13-5-2-1-3-6-13/h1-9,11-12H,10H2,(H,22,25). The smallest absolute Gasteiger partial charge is 0.271 e. The molecule has 0 fully saturated rings. The molecule has 1 amide bonds. The highest BCUT2D eigenvalue weighted by molar-refractivity contribution is 7.17. The molecule has 1 N–H and O–H groups in total. The molecule has 8 nitrogen and oxygen atoms in total. The first-order valence-electron chi connectivity index (χ1n) is 8.59. The average Bonchev–Trinajstić information content (AvgIpc) is 3.16. The number of nitrogens with one attached hydrogen (secondary N) is 1. The van der Waals surface area contributed by atoms with Gasteiger partial charge in [-0.05, 0) is 11.6 Å². The molecule has 4 rings (SSSR count). The summed E-state index contributed by atoms with van der Waals surface area (Å²) in [5.41, 5.74) is 1.51. The minimum Gasteiger partial charge on any atom is -0.324 e. The van der Waals surface area contributed by atoms with Crippen LogP contribution in [0, 0.1) is 10.1 Å². The van der Waals surface area contributed by atoms with Crippen LogP contribution in [0.4, 0.5) is 11.4 Å². The van der Waals surface area contributed by atoms with Gasteiger partial charge in [-0.3, -0.25) is 24.3 Å². The number of nitro benzene ring substituents is 1. The normalized spacial score (nSPS) is 10.8. The van der Waals surface area contributed by atoms with Gasteiger partial charge in [-0.1, -0.05) is 36.4 Å². The van der Waals surface area contributed by atoms with Crippen LogP contribution in [0.2, 0.25) is 0 Å². The third-order valence-corrected chi connectivity index (χ3v) is 5.19. The van der Waals surface area contributed by atoms with Crippen LogP contribution >= 0.6 is 11.3 Å². The minimum atomic E-state index is -0.542. The second-order valence-electron chi connectivity index (χ2n) is 6.23. The van der Waals surface area contributed by atoms with E-state index in [4.69, 9.17) is 0 Å². The molecule has 0 aliphatic heterocycles. The van der Waals surface area contributed by atoms with Crippen LogP contribution in [0.1, 0.15) is 0 Å². The lowest BCUT2D eigenvalue weighted by Crippen LogP contribution is -2.27. The predicted molar refractivity (Wildman–Crippen MR) is 111 cm³/mol. The van der Waals surface area contributed by atoms with Gasteiger partial charge < -0.3 is 5.32 Å². The summed E-state index contributed by atoms with van der Waals surface area (Å²) in [6, 6.07) is 15.1. The number of fused-ring (bicyclic) bond motifs is 1. The van der Waals surface area contributed by atoms with Gasteiger partial charge in [-0.15, -0.1) is 11.3 Å². The Bertz CT molecular complexity index is 1280. The maximum Gasteiger partial charge on any atom is 0.271 e. The van der Waals surface area contributed by atoms with E-state index < -0.39 is 10.8 Å². The molecule has 0 aliphatic carbocycles. The van der Waals surface area contributed by atoms with E-state index in [1.807, 2.05) is 35.7 Å². The molecule has 0 atom stereocenters. The Morgan fingerprint density at radius 2 is 1.97 bits per heavy atom. The number of benzene rings is 2. The number of aromatic nitrogens is 2. The molecule has 2 aromatic heterocycles. The molecule has 29 heavy (non-hydrogen) atoms. The van der Waals surface area contributed by atoms with Crippen LogP contribution in [-0.2, 0) is 11.3 Å². The van der Waals surface area contributed by atoms with E-state index in [0.29, 0.717) is 10.2 Å². The van der Waals surface area contributed by atoms with Gasteiger partial charge in [0.05, 0.1) is 16.6 Å². The number of hydrogen-bond acceptors (Lipinski definition) is 6. The molecule has 0 spiro atoms. The van der Waals surface area contributed by atoms with Gasteiger partial charge in [0, 0.05) is 28.8 Å². The Morgan fingerprint density at radius 3 is 2.72 bits per heavy atom. The zero-order chi connectivity index (χ0) is 20.4. The van der Waals surface area contributed by atoms with E-state index in [9.17, 15) is 19.7 Å². The Hall–Kier alpha value is -3.85. The van der Waals surface area contributed by atoms with Crippen molar-refractivity contribution in [2.45, 2.75) is 6.54 Å². The summed E-state index contributed by atoms with van der Waals surface area (Å²) < 4.78 is 1.23. The highest BCUT2D eigenvalue weighted by Crippen LogP contribution is 2.30. The van der Waals surface area contributed by atoms with Crippen molar-refractivity contribution >= 4 is 38.8 Å². The van der Waals surface area contributed by atoms with E-state index in [1.165, 1.54) is 40.4 Å². The molecular weight excluding hydrogens is 392 g/mol. The quantitative estimate of drug-likeness (QED) is 0.402. The number of carbonyl (C=O) groups excluding carboxylic acids is 1. The lowest BCUT2D eigenvalue weighted by atomic mass is 10.1. The maximum atomic E-state index is 13.0. The van der Waals surface area contributed by atoms with E-state index in [-0.39, 0.29) is 23.5 Å². The highest BCUT2D eigenvalue weighted by atomic mass is 32.1. The van der Waals surface area contributed by atoms with Crippen LogP contribution in [0.25, 0.3) is 21.3 Å². The van der Waals surface area contributed by atoms with Crippen LogP contribution < -0.4 is 10.9 Å². The van der Waals surface area contributed by atoms with E-state index in [1.54, 1.807) is 6.07 Å². The van der Waals surface area contributed by atoms with Gasteiger partial charge in [0.1, 0.15) is 11.4 Å². The molecule has 0 saturated carbocycles. The first-order valence-corrected chi connectivity index (χ1v) is 9.47. The third-order valence-electron chi connectivity index (χ3n) is 4.30. The van der Waals surface area contributed by atoms with Crippen LogP contribution in [0.5, 0.6) is 0 Å². The Kier molecular flexibility index (Phi) is 4.88. The first-order chi connectivity index (χ1) is 14.0. The molecule has 0 unspecified atom stereocenters. The summed E-state index contributed by atoms with van der Waals surface area (Å²) in [5.74, 6) is -0.481. The van der Waals surface area contributed by atoms with Crippen LogP contribution in [-0.4, -0.2) is 20.4 Å². The summed E-state index contributed by atoms with van der Waals surface area (Å²) in [5, 5.41) is 15.8. The van der Waals surface area contributed by atoms with Crippen molar-refractivity contribution in [1.29, 1.82) is 0 Å². The molecule has 9 heteroatoms. The molecule has 2 heterocycles. The molecule has 2 aromatic carbocycles. The molecular formula is C20H14N4O4S. The summed E-state index contributed by atoms with van der Waals surface area (Å²) in [6.07, 6.45) is 1.34. The Labute approximate surface area is 168 Å². The second-order valence-corrected chi connectivity index (χ2v) is 7.09. The molecule has 144 valence electrons. The summed E-state index contributed by atoms with van der Waals surface area (Å²) >= 11 is 1.37. The fraction of sp³-hybridized carbons (Fsp3) is 0.0500. The number of thiophene rings is 1. The van der Waals surface area contributed by atoms with Crippen molar-refractivity contribution in [3.05, 3.63) is 86.8 Å².